The number of hydrogen-bond donors (Lipinski definition) is 1. The lowest BCUT2D eigenvalue weighted by atomic mass is 10.2. The summed E-state index contributed by atoms with van der Waals surface area (Å²) in [5, 5.41) is 2.85. The van der Waals surface area contributed by atoms with Crippen LogP contribution in [-0.2, 0) is 16.0 Å². The molecule has 1 fully saturated rings. The molecule has 0 heterocycles. The maximum atomic E-state index is 12.6. The molecule has 1 aliphatic carbocycles. The Balaban J connectivity index is 1.97. The highest BCUT2D eigenvalue weighted by Gasteiger charge is 2.55. The lowest BCUT2D eigenvalue weighted by Gasteiger charge is -2.26. The first-order chi connectivity index (χ1) is 13.2. The first kappa shape index (κ1) is 21.5. The number of nitrogens with zero attached hydrogens (tertiary/aromatic N) is 1. The average molecular weight is 386 g/mol. The maximum Gasteiger partial charge on any atom is 0.410 e. The van der Waals surface area contributed by atoms with E-state index in [2.05, 4.69) is 18.5 Å². The lowest BCUT2D eigenvalue weighted by molar-refractivity contribution is 0.0429. The van der Waals surface area contributed by atoms with Crippen LogP contribution < -0.4 is 5.32 Å². The summed E-state index contributed by atoms with van der Waals surface area (Å²) in [6.45, 7) is 13.7. The van der Waals surface area contributed by atoms with E-state index in [1.54, 1.807) is 37.8 Å². The van der Waals surface area contributed by atoms with Crippen molar-refractivity contribution >= 4 is 12.2 Å². The van der Waals surface area contributed by atoms with Gasteiger partial charge in [-0.2, -0.15) is 0 Å². The van der Waals surface area contributed by atoms with E-state index >= 15 is 0 Å². The van der Waals surface area contributed by atoms with E-state index < -0.39 is 23.3 Å². The van der Waals surface area contributed by atoms with Crippen LogP contribution in [0.25, 0.3) is 0 Å². The van der Waals surface area contributed by atoms with Crippen LogP contribution in [0.15, 0.2) is 55.6 Å². The SMILES string of the molecule is C=CCN(Cc1ccccc1)C(=O)OCC1(NC(=O)OC(C)(C)C)CC1C=C. The number of benzene rings is 1. The van der Waals surface area contributed by atoms with Crippen LogP contribution in [0.1, 0.15) is 32.8 Å². The summed E-state index contributed by atoms with van der Waals surface area (Å²) in [7, 11) is 0. The van der Waals surface area contributed by atoms with Crippen molar-refractivity contribution in [1.82, 2.24) is 10.2 Å². The van der Waals surface area contributed by atoms with Crippen LogP contribution in [0.5, 0.6) is 0 Å². The maximum absolute atomic E-state index is 12.6. The third-order valence-corrected chi connectivity index (χ3v) is 4.45. The van der Waals surface area contributed by atoms with E-state index in [1.807, 2.05) is 30.3 Å². The Morgan fingerprint density at radius 1 is 1.29 bits per heavy atom. The third-order valence-electron chi connectivity index (χ3n) is 4.45. The van der Waals surface area contributed by atoms with Gasteiger partial charge in [0.15, 0.2) is 0 Å². The van der Waals surface area contributed by atoms with E-state index in [0.29, 0.717) is 19.5 Å². The molecular formula is C22H30N2O4. The molecule has 1 aliphatic rings. The summed E-state index contributed by atoms with van der Waals surface area (Å²) in [5.41, 5.74) is -0.262. The van der Waals surface area contributed by atoms with Crippen LogP contribution in [0.2, 0.25) is 0 Å². The zero-order chi connectivity index (χ0) is 20.8. The fraction of sp³-hybridized carbons (Fsp3) is 0.455. The van der Waals surface area contributed by atoms with Crippen molar-refractivity contribution < 1.29 is 19.1 Å². The van der Waals surface area contributed by atoms with Crippen LogP contribution in [0, 0.1) is 5.92 Å². The fourth-order valence-corrected chi connectivity index (χ4v) is 2.94. The van der Waals surface area contributed by atoms with Gasteiger partial charge in [0.2, 0.25) is 0 Å². The second-order valence-electron chi connectivity index (χ2n) is 8.04. The normalized spacial score (nSPS) is 20.6. The van der Waals surface area contributed by atoms with Gasteiger partial charge in [-0.25, -0.2) is 9.59 Å². The topological polar surface area (TPSA) is 67.9 Å². The molecule has 1 aromatic carbocycles. The predicted molar refractivity (Wildman–Crippen MR) is 109 cm³/mol. The van der Waals surface area contributed by atoms with Gasteiger partial charge in [-0.15, -0.1) is 13.2 Å². The number of amides is 2. The molecule has 152 valence electrons. The molecule has 2 unspecified atom stereocenters. The van der Waals surface area contributed by atoms with E-state index in [0.717, 1.165) is 5.56 Å². The van der Waals surface area contributed by atoms with Gasteiger partial charge in [0.25, 0.3) is 0 Å². The molecule has 2 atom stereocenters. The number of carbonyl (C=O) groups excluding carboxylic acids is 2. The zero-order valence-electron chi connectivity index (χ0n) is 16.9. The summed E-state index contributed by atoms with van der Waals surface area (Å²) >= 11 is 0. The van der Waals surface area contributed by atoms with Gasteiger partial charge in [-0.1, -0.05) is 42.5 Å². The Morgan fingerprint density at radius 2 is 1.96 bits per heavy atom. The van der Waals surface area contributed by atoms with Gasteiger partial charge in [0.1, 0.15) is 12.2 Å². The number of nitrogens with one attached hydrogen (secondary N) is 1. The standard InChI is InChI=1S/C22H30N2O4/c1-6-13-24(15-17-11-9-8-10-12-17)20(26)27-16-22(14-18(22)7-2)23-19(25)28-21(3,4)5/h6-12,18H,1-2,13-16H2,3-5H3,(H,23,25). The number of alkyl carbamates (subject to hydrolysis) is 1. The molecule has 6 nitrogen and oxygen atoms in total. The molecule has 0 bridgehead atoms. The third kappa shape index (κ3) is 6.15. The second kappa shape index (κ2) is 8.95. The molecule has 2 rings (SSSR count). The lowest BCUT2D eigenvalue weighted by Crippen LogP contribution is -2.46. The number of carbonyl (C=O) groups is 2. The van der Waals surface area contributed by atoms with Gasteiger partial charge < -0.3 is 19.7 Å². The number of ether oxygens (including phenoxy) is 2. The molecule has 0 saturated heterocycles. The van der Waals surface area contributed by atoms with Crippen molar-refractivity contribution in [3.05, 3.63) is 61.2 Å². The van der Waals surface area contributed by atoms with E-state index in [1.165, 1.54) is 0 Å². The van der Waals surface area contributed by atoms with Gasteiger partial charge in [-0.3, -0.25) is 0 Å². The van der Waals surface area contributed by atoms with Gasteiger partial charge in [0, 0.05) is 19.0 Å². The van der Waals surface area contributed by atoms with Gasteiger partial charge in [0.05, 0.1) is 5.54 Å². The van der Waals surface area contributed by atoms with Crippen molar-refractivity contribution in [1.29, 1.82) is 0 Å². The van der Waals surface area contributed by atoms with E-state index in [4.69, 9.17) is 9.47 Å². The van der Waals surface area contributed by atoms with E-state index in [9.17, 15) is 9.59 Å². The van der Waals surface area contributed by atoms with Crippen LogP contribution in [0.3, 0.4) is 0 Å². The Hall–Kier alpha value is -2.76. The van der Waals surface area contributed by atoms with E-state index in [-0.39, 0.29) is 12.5 Å². The molecule has 6 heteroatoms. The van der Waals surface area contributed by atoms with Gasteiger partial charge in [-0.05, 0) is 32.8 Å². The summed E-state index contributed by atoms with van der Waals surface area (Å²) in [6, 6.07) is 9.66. The van der Waals surface area contributed by atoms with Crippen LogP contribution in [0.4, 0.5) is 9.59 Å². The molecule has 28 heavy (non-hydrogen) atoms. The van der Waals surface area contributed by atoms with Crippen molar-refractivity contribution in [3.63, 3.8) is 0 Å². The molecule has 0 aromatic heterocycles. The minimum Gasteiger partial charge on any atom is -0.447 e. The molecule has 0 aliphatic heterocycles. The molecule has 1 N–H and O–H groups in total. The first-order valence-electron chi connectivity index (χ1n) is 9.39. The van der Waals surface area contributed by atoms with Crippen LogP contribution in [-0.4, -0.2) is 41.4 Å². The molecule has 1 saturated carbocycles. The molecule has 2 amide bonds. The summed E-state index contributed by atoms with van der Waals surface area (Å²) in [6.07, 6.45) is 3.09. The molecule has 1 aromatic rings. The van der Waals surface area contributed by atoms with Gasteiger partial charge >= 0.3 is 12.2 Å². The first-order valence-corrected chi connectivity index (χ1v) is 9.39. The summed E-state index contributed by atoms with van der Waals surface area (Å²) in [5.74, 6) is 0.0368. The Labute approximate surface area is 167 Å². The van der Waals surface area contributed by atoms with Crippen molar-refractivity contribution in [3.8, 4) is 0 Å². The largest absolute Gasteiger partial charge is 0.447 e. The predicted octanol–water partition coefficient (Wildman–Crippen LogP) is 4.28. The minimum absolute atomic E-state index is 0.0368. The second-order valence-corrected chi connectivity index (χ2v) is 8.04. The summed E-state index contributed by atoms with van der Waals surface area (Å²) in [4.78, 5) is 26.3. The number of rotatable bonds is 8. The molecule has 0 spiro atoms. The highest BCUT2D eigenvalue weighted by atomic mass is 16.6. The van der Waals surface area contributed by atoms with Crippen LogP contribution >= 0.6 is 0 Å². The average Bonchev–Trinajstić information content (AvgIpc) is 3.31. The van der Waals surface area contributed by atoms with Crippen molar-refractivity contribution in [2.45, 2.75) is 44.9 Å². The fourth-order valence-electron chi connectivity index (χ4n) is 2.94. The Kier molecular flexibility index (Phi) is 6.89. The Morgan fingerprint density at radius 3 is 2.50 bits per heavy atom. The number of hydrogen-bond acceptors (Lipinski definition) is 4. The highest BCUT2D eigenvalue weighted by Crippen LogP contribution is 2.44. The zero-order valence-corrected chi connectivity index (χ0v) is 16.9. The van der Waals surface area contributed by atoms with Crippen molar-refractivity contribution in [2.75, 3.05) is 13.2 Å². The molecule has 0 radical (unpaired) electrons. The summed E-state index contributed by atoms with van der Waals surface area (Å²) < 4.78 is 10.9. The smallest absolute Gasteiger partial charge is 0.410 e. The minimum atomic E-state index is -0.660. The highest BCUT2D eigenvalue weighted by molar-refractivity contribution is 5.71. The van der Waals surface area contributed by atoms with Crippen molar-refractivity contribution in [2.24, 2.45) is 5.92 Å². The Bertz CT molecular complexity index is 711. The quantitative estimate of drug-likeness (QED) is 0.677. The molecular weight excluding hydrogens is 356 g/mol. The monoisotopic (exact) mass is 386 g/mol.